The highest BCUT2D eigenvalue weighted by Gasteiger charge is 2.12. The molecule has 1 amide bonds. The molecule has 3 rings (SSSR count). The minimum atomic E-state index is -0.384. The average Bonchev–Trinajstić information content (AvgIpc) is 3.00. The molecule has 0 bridgehead atoms. The van der Waals surface area contributed by atoms with Crippen LogP contribution in [0, 0.1) is 23.7 Å². The first-order valence-corrected chi connectivity index (χ1v) is 8.77. The fourth-order valence-electron chi connectivity index (χ4n) is 2.53. The van der Waals surface area contributed by atoms with Crippen molar-refractivity contribution in [2.45, 2.75) is 13.5 Å². The van der Waals surface area contributed by atoms with Crippen LogP contribution in [0.1, 0.15) is 22.8 Å². The van der Waals surface area contributed by atoms with E-state index in [0.29, 0.717) is 28.3 Å². The molecular weight excluding hydrogens is 346 g/mol. The van der Waals surface area contributed by atoms with Gasteiger partial charge in [-0.25, -0.2) is 0 Å². The Bertz CT molecular complexity index is 1110. The first kappa shape index (κ1) is 17.5. The maximum absolute atomic E-state index is 12.5. The van der Waals surface area contributed by atoms with Crippen LogP contribution in [-0.4, -0.2) is 17.1 Å². The van der Waals surface area contributed by atoms with Crippen LogP contribution in [0.15, 0.2) is 47.5 Å². The molecule has 0 unspecified atom stereocenters. The van der Waals surface area contributed by atoms with Crippen LogP contribution in [0.3, 0.4) is 0 Å². The second-order valence-corrected chi connectivity index (χ2v) is 6.33. The lowest BCUT2D eigenvalue weighted by Gasteiger charge is -2.07. The summed E-state index contributed by atoms with van der Waals surface area (Å²) in [5.41, 5.74) is 1.74. The summed E-state index contributed by atoms with van der Waals surface area (Å²) in [5.74, 6) is 2.93. The third-order valence-corrected chi connectivity index (χ3v) is 4.72. The van der Waals surface area contributed by atoms with Gasteiger partial charge in [0.05, 0.1) is 29.5 Å². The Kier molecular flexibility index (Phi) is 5.17. The molecule has 1 heterocycles. The first-order chi connectivity index (χ1) is 12.7. The van der Waals surface area contributed by atoms with E-state index in [2.05, 4.69) is 10.9 Å². The van der Waals surface area contributed by atoms with Gasteiger partial charge in [0.15, 0.2) is 4.80 Å². The van der Waals surface area contributed by atoms with Crippen molar-refractivity contribution in [2.75, 3.05) is 6.61 Å². The number of carbonyl (C=O) groups excluding carboxylic acids is 1. The zero-order valence-corrected chi connectivity index (χ0v) is 14.9. The van der Waals surface area contributed by atoms with Gasteiger partial charge in [-0.3, -0.25) is 4.79 Å². The molecule has 26 heavy (non-hydrogen) atoms. The molecule has 5 nitrogen and oxygen atoms in total. The number of ether oxygens (including phenoxy) is 1. The maximum Gasteiger partial charge on any atom is 0.279 e. The largest absolute Gasteiger partial charge is 0.492 e. The molecule has 3 aromatic rings. The lowest BCUT2D eigenvalue weighted by molar-refractivity contribution is 0.0998. The van der Waals surface area contributed by atoms with Crippen LogP contribution in [0.5, 0.6) is 5.75 Å². The molecule has 0 radical (unpaired) electrons. The second-order valence-electron chi connectivity index (χ2n) is 5.32. The molecule has 0 aliphatic carbocycles. The van der Waals surface area contributed by atoms with Crippen molar-refractivity contribution in [1.82, 2.24) is 4.57 Å². The van der Waals surface area contributed by atoms with Crippen LogP contribution in [0.4, 0.5) is 0 Å². The number of nitriles is 1. The van der Waals surface area contributed by atoms with E-state index >= 15 is 0 Å². The summed E-state index contributed by atoms with van der Waals surface area (Å²) in [6, 6.07) is 14.1. The van der Waals surface area contributed by atoms with Gasteiger partial charge >= 0.3 is 0 Å². The number of nitrogens with zero attached hydrogens (tertiary/aromatic N) is 3. The lowest BCUT2D eigenvalue weighted by atomic mass is 10.1. The van der Waals surface area contributed by atoms with Crippen molar-refractivity contribution in [1.29, 1.82) is 5.26 Å². The predicted octanol–water partition coefficient (Wildman–Crippen LogP) is 3.35. The topological polar surface area (TPSA) is 67.4 Å². The van der Waals surface area contributed by atoms with Crippen LogP contribution in [-0.2, 0) is 6.54 Å². The number of hydrogen-bond acceptors (Lipinski definition) is 4. The summed E-state index contributed by atoms with van der Waals surface area (Å²) in [5, 5.41) is 8.86. The van der Waals surface area contributed by atoms with E-state index in [9.17, 15) is 4.79 Å². The molecule has 0 fully saturated rings. The Morgan fingerprint density at radius 2 is 2.08 bits per heavy atom. The SMILES string of the molecule is C#CCn1c(=NC(=O)c2ccc(C#N)cc2)sc2cccc(OCC)c21. The summed E-state index contributed by atoms with van der Waals surface area (Å²) in [6.45, 7) is 2.72. The fourth-order valence-corrected chi connectivity index (χ4v) is 3.58. The quantitative estimate of drug-likeness (QED) is 0.669. The van der Waals surface area contributed by atoms with Gasteiger partial charge in [-0.1, -0.05) is 23.3 Å². The van der Waals surface area contributed by atoms with Crippen LogP contribution in [0.25, 0.3) is 10.2 Å². The summed E-state index contributed by atoms with van der Waals surface area (Å²) < 4.78 is 8.45. The smallest absolute Gasteiger partial charge is 0.279 e. The molecule has 0 atom stereocenters. The van der Waals surface area contributed by atoms with Crippen LogP contribution < -0.4 is 9.54 Å². The molecule has 0 saturated carbocycles. The van der Waals surface area contributed by atoms with Crippen molar-refractivity contribution in [3.05, 3.63) is 58.4 Å². The molecular formula is C20H15N3O2S. The maximum atomic E-state index is 12.5. The van der Waals surface area contributed by atoms with E-state index in [1.165, 1.54) is 11.3 Å². The monoisotopic (exact) mass is 361 g/mol. The molecule has 0 N–H and O–H groups in total. The van der Waals surface area contributed by atoms with Gasteiger partial charge in [0.2, 0.25) is 0 Å². The average molecular weight is 361 g/mol. The minimum absolute atomic E-state index is 0.281. The predicted molar refractivity (Wildman–Crippen MR) is 101 cm³/mol. The number of aromatic nitrogens is 1. The number of hydrogen-bond donors (Lipinski definition) is 0. The standard InChI is InChI=1S/C20H15N3O2S/c1-3-12-23-18-16(25-4-2)6-5-7-17(18)26-20(23)22-19(24)15-10-8-14(13-21)9-11-15/h1,5-11H,4,12H2,2H3. The van der Waals surface area contributed by atoms with Gasteiger partial charge in [0.25, 0.3) is 5.91 Å². The molecule has 0 aliphatic heterocycles. The molecule has 0 aliphatic rings. The molecule has 128 valence electrons. The highest BCUT2D eigenvalue weighted by atomic mass is 32.1. The number of carbonyl (C=O) groups is 1. The van der Waals surface area contributed by atoms with Crippen molar-refractivity contribution in [2.24, 2.45) is 4.99 Å². The third kappa shape index (κ3) is 3.37. The number of fused-ring (bicyclic) bond motifs is 1. The Balaban J connectivity index is 2.14. The highest BCUT2D eigenvalue weighted by Crippen LogP contribution is 2.27. The Hall–Kier alpha value is -3.35. The molecule has 1 aromatic heterocycles. The molecule has 0 saturated heterocycles. The first-order valence-electron chi connectivity index (χ1n) is 7.95. The number of rotatable bonds is 4. The van der Waals surface area contributed by atoms with Gasteiger partial charge in [-0.2, -0.15) is 10.3 Å². The number of benzene rings is 2. The summed E-state index contributed by atoms with van der Waals surface area (Å²) in [4.78, 5) is 17.3. The Labute approximate surface area is 154 Å². The van der Waals surface area contributed by atoms with E-state index in [0.717, 1.165) is 10.2 Å². The van der Waals surface area contributed by atoms with E-state index in [1.807, 2.05) is 35.8 Å². The molecule has 6 heteroatoms. The van der Waals surface area contributed by atoms with E-state index in [-0.39, 0.29) is 12.5 Å². The van der Waals surface area contributed by atoms with Gasteiger partial charge in [0, 0.05) is 5.56 Å². The molecule has 0 spiro atoms. The summed E-state index contributed by atoms with van der Waals surface area (Å²) in [7, 11) is 0. The van der Waals surface area contributed by atoms with Crippen molar-refractivity contribution in [3.63, 3.8) is 0 Å². The minimum Gasteiger partial charge on any atom is -0.492 e. The number of amides is 1. The van der Waals surface area contributed by atoms with E-state index in [4.69, 9.17) is 16.4 Å². The van der Waals surface area contributed by atoms with Crippen LogP contribution in [0.2, 0.25) is 0 Å². The van der Waals surface area contributed by atoms with Crippen molar-refractivity contribution < 1.29 is 9.53 Å². The molecule has 2 aromatic carbocycles. The van der Waals surface area contributed by atoms with Crippen molar-refractivity contribution in [3.8, 4) is 24.2 Å². The Morgan fingerprint density at radius 3 is 2.73 bits per heavy atom. The number of thiazole rings is 1. The third-order valence-electron chi connectivity index (χ3n) is 3.67. The van der Waals surface area contributed by atoms with Gasteiger partial charge in [-0.15, -0.1) is 6.42 Å². The van der Waals surface area contributed by atoms with Crippen molar-refractivity contribution >= 4 is 27.5 Å². The zero-order valence-electron chi connectivity index (χ0n) is 14.1. The van der Waals surface area contributed by atoms with Gasteiger partial charge in [-0.05, 0) is 43.3 Å². The highest BCUT2D eigenvalue weighted by molar-refractivity contribution is 7.16. The zero-order chi connectivity index (χ0) is 18.5. The van der Waals surface area contributed by atoms with E-state index in [1.54, 1.807) is 24.3 Å². The fraction of sp³-hybridized carbons (Fsp3) is 0.150. The lowest BCUT2D eigenvalue weighted by Crippen LogP contribution is -2.17. The van der Waals surface area contributed by atoms with Crippen LogP contribution >= 0.6 is 11.3 Å². The van der Waals surface area contributed by atoms with Gasteiger partial charge in [0.1, 0.15) is 11.3 Å². The summed E-state index contributed by atoms with van der Waals surface area (Å²) in [6.07, 6.45) is 5.51. The normalized spacial score (nSPS) is 11.1. The Morgan fingerprint density at radius 1 is 1.31 bits per heavy atom. The van der Waals surface area contributed by atoms with E-state index < -0.39 is 0 Å². The second kappa shape index (κ2) is 7.69. The van der Waals surface area contributed by atoms with Gasteiger partial charge < -0.3 is 9.30 Å². The number of terminal acetylenes is 1. The number of para-hydroxylation sites is 1. The summed E-state index contributed by atoms with van der Waals surface area (Å²) >= 11 is 1.38.